The molecule has 0 aromatic heterocycles. The third-order valence-corrected chi connectivity index (χ3v) is 10.1. The number of rotatable bonds is 26. The maximum absolute atomic E-state index is 13.5. The van der Waals surface area contributed by atoms with Gasteiger partial charge in [-0.05, 0) is 60.9 Å². The van der Waals surface area contributed by atoms with E-state index in [1.807, 2.05) is 121 Å². The third kappa shape index (κ3) is 15.8. The van der Waals surface area contributed by atoms with E-state index in [4.69, 9.17) is 20.9 Å². The van der Waals surface area contributed by atoms with Crippen LogP contribution in [0.3, 0.4) is 0 Å². The smallest absolute Gasteiger partial charge is 0.412 e. The molecule has 4 aromatic carbocycles. The summed E-state index contributed by atoms with van der Waals surface area (Å²) in [5.74, 6) is -1.21. The van der Waals surface area contributed by atoms with Crippen molar-refractivity contribution in [2.75, 3.05) is 6.54 Å². The monoisotopic (exact) mass is 762 g/mol. The maximum Gasteiger partial charge on any atom is 0.412 e. The average molecular weight is 763 g/mol. The lowest BCUT2D eigenvalue weighted by molar-refractivity contribution is -0.144. The molecule has 0 bridgehead atoms. The van der Waals surface area contributed by atoms with Crippen LogP contribution in [-0.4, -0.2) is 48.8 Å². The predicted octanol–water partition coefficient (Wildman–Crippen LogP) is 7.61. The number of carbonyl (C=O) groups is 4. The van der Waals surface area contributed by atoms with E-state index >= 15 is 0 Å². The van der Waals surface area contributed by atoms with Gasteiger partial charge in [-0.2, -0.15) is 0 Å². The van der Waals surface area contributed by atoms with Crippen molar-refractivity contribution in [1.82, 2.24) is 10.6 Å². The molecule has 2 amide bonds. The molecule has 10 nitrogen and oxygen atoms in total. The predicted molar refractivity (Wildman–Crippen MR) is 219 cm³/mol. The molecule has 4 aromatic rings. The molecule has 0 aliphatic carbocycles. The third-order valence-electron chi connectivity index (χ3n) is 10.1. The van der Waals surface area contributed by atoms with Crippen molar-refractivity contribution >= 4 is 24.4 Å². The van der Waals surface area contributed by atoms with Crippen LogP contribution < -0.4 is 22.1 Å². The van der Waals surface area contributed by atoms with Crippen molar-refractivity contribution in [2.45, 2.75) is 101 Å². The van der Waals surface area contributed by atoms with Crippen molar-refractivity contribution in [2.24, 2.45) is 17.4 Å². The molecule has 56 heavy (non-hydrogen) atoms. The zero-order valence-electron chi connectivity index (χ0n) is 32.4. The van der Waals surface area contributed by atoms with Gasteiger partial charge in [-0.25, -0.2) is 14.4 Å². The van der Waals surface area contributed by atoms with Crippen LogP contribution in [0.5, 0.6) is 0 Å². The van der Waals surface area contributed by atoms with Gasteiger partial charge in [-0.15, -0.1) is 0 Å². The molecule has 4 rings (SSSR count). The summed E-state index contributed by atoms with van der Waals surface area (Å²) in [4.78, 5) is 49.8. The lowest BCUT2D eigenvalue weighted by Crippen LogP contribution is -2.63. The minimum atomic E-state index is -1.46. The summed E-state index contributed by atoms with van der Waals surface area (Å²) < 4.78 is 11.1. The number of carbonyl (C=O) groups excluding carboxylic acids is 4. The summed E-state index contributed by atoms with van der Waals surface area (Å²) in [5.41, 5.74) is 13.6. The second-order valence-electron chi connectivity index (χ2n) is 14.5. The zero-order chi connectivity index (χ0) is 39.9. The Morgan fingerprint density at radius 1 is 0.589 bits per heavy atom. The van der Waals surface area contributed by atoms with E-state index in [9.17, 15) is 19.2 Å². The largest absolute Gasteiger partial charge is 0.427 e. The van der Waals surface area contributed by atoms with Crippen molar-refractivity contribution < 1.29 is 28.7 Å². The van der Waals surface area contributed by atoms with Crippen LogP contribution >= 0.6 is 0 Å². The molecule has 0 saturated carbocycles. The Labute approximate surface area is 331 Å². The van der Waals surface area contributed by atoms with Gasteiger partial charge in [0.05, 0.1) is 6.04 Å². The first-order valence-corrected chi connectivity index (χ1v) is 19.9. The topological polar surface area (TPSA) is 163 Å². The van der Waals surface area contributed by atoms with Crippen molar-refractivity contribution in [1.29, 1.82) is 0 Å². The number of nitrogens with one attached hydrogen (secondary N) is 2. The van der Waals surface area contributed by atoms with Crippen molar-refractivity contribution in [3.05, 3.63) is 144 Å². The van der Waals surface area contributed by atoms with Crippen LogP contribution in [0.4, 0.5) is 9.59 Å². The molecule has 0 aliphatic rings. The molecule has 0 fully saturated rings. The van der Waals surface area contributed by atoms with Gasteiger partial charge in [0.15, 0.2) is 5.72 Å². The van der Waals surface area contributed by atoms with Crippen molar-refractivity contribution in [3.63, 3.8) is 0 Å². The van der Waals surface area contributed by atoms with Gasteiger partial charge in [0, 0.05) is 12.3 Å². The molecule has 0 saturated heterocycles. The highest BCUT2D eigenvalue weighted by Crippen LogP contribution is 2.33. The number of amides is 2. The van der Waals surface area contributed by atoms with Gasteiger partial charge in [-0.3, -0.25) is 5.32 Å². The minimum Gasteiger partial charge on any atom is -0.427 e. The van der Waals surface area contributed by atoms with E-state index in [0.717, 1.165) is 86.5 Å². The number of nitrogens with two attached hydrogens (primary N) is 2. The number of esters is 1. The van der Waals surface area contributed by atoms with Crippen LogP contribution in [0, 0.1) is 5.92 Å². The lowest BCUT2D eigenvalue weighted by Gasteiger charge is -2.43. The highest BCUT2D eigenvalue weighted by atomic mass is 16.6. The molecular weight excluding hydrogens is 705 g/mol. The fourth-order valence-corrected chi connectivity index (χ4v) is 7.35. The van der Waals surface area contributed by atoms with Crippen LogP contribution in [0.1, 0.15) is 80.0 Å². The summed E-state index contributed by atoms with van der Waals surface area (Å²) >= 11 is 0. The molecule has 0 aliphatic heterocycles. The van der Waals surface area contributed by atoms with Crippen LogP contribution in [0.2, 0.25) is 0 Å². The number of hydrogen-bond acceptors (Lipinski definition) is 8. The molecule has 4 atom stereocenters. The second kappa shape index (κ2) is 24.2. The van der Waals surface area contributed by atoms with Gasteiger partial charge in [0.1, 0.15) is 12.3 Å². The zero-order valence-corrected chi connectivity index (χ0v) is 32.4. The van der Waals surface area contributed by atoms with Crippen molar-refractivity contribution in [3.8, 4) is 0 Å². The summed E-state index contributed by atoms with van der Waals surface area (Å²) in [6.45, 7) is 0.817. The molecule has 0 radical (unpaired) electrons. The Morgan fingerprint density at radius 2 is 1.05 bits per heavy atom. The summed E-state index contributed by atoms with van der Waals surface area (Å²) in [6.07, 6.45) is 9.40. The summed E-state index contributed by atoms with van der Waals surface area (Å²) in [7, 11) is 0. The second-order valence-corrected chi connectivity index (χ2v) is 14.5. The number of aldehydes is 1. The fourth-order valence-electron chi connectivity index (χ4n) is 7.35. The Bertz CT molecular complexity index is 1730. The summed E-state index contributed by atoms with van der Waals surface area (Å²) in [5, 5.41) is 6.78. The number of primary amides is 2. The molecule has 10 heteroatoms. The minimum absolute atomic E-state index is 0.144. The van der Waals surface area contributed by atoms with Crippen LogP contribution in [0.15, 0.2) is 121 Å². The molecule has 0 heterocycles. The van der Waals surface area contributed by atoms with Gasteiger partial charge in [-0.1, -0.05) is 166 Å². The molecule has 6 N–H and O–H groups in total. The van der Waals surface area contributed by atoms with E-state index in [1.54, 1.807) is 0 Å². The van der Waals surface area contributed by atoms with Gasteiger partial charge >= 0.3 is 18.2 Å². The Hall–Kier alpha value is -5.32. The standard InChI is InChI=1S/C46H58N4O6/c47-44(53)55-43(52)42(33-38-25-15-9-16-26-38)50-46(56-45(48)54,34-39-27-17-10-18-28-39)40(31-36-21-11-7-12-22-36)29-19-5-3-1-2-4-6-20-30-49-41(35-51)32-37-23-13-8-14-24-37/h7-18,21-28,35,40-42,49-50H,1-6,19-20,29-34H2,(H2,47,53)(H2,48,54)/t40-,41?,42-,46?/m0/s1. The Balaban J connectivity index is 1.43. The van der Waals surface area contributed by atoms with Crippen LogP contribution in [0.25, 0.3) is 0 Å². The van der Waals surface area contributed by atoms with E-state index in [1.165, 1.54) is 0 Å². The quantitative estimate of drug-likeness (QED) is 0.0167. The first-order valence-electron chi connectivity index (χ1n) is 19.9. The Kier molecular flexibility index (Phi) is 18.8. The van der Waals surface area contributed by atoms with E-state index in [-0.39, 0.29) is 24.8 Å². The highest BCUT2D eigenvalue weighted by molar-refractivity contribution is 5.87. The number of unbranched alkanes of at least 4 members (excludes halogenated alkanes) is 7. The Morgan fingerprint density at radius 3 is 1.55 bits per heavy atom. The normalized spacial score (nSPS) is 13.8. The molecular formula is C46H58N4O6. The first-order chi connectivity index (χ1) is 27.3. The SMILES string of the molecule is NC(=O)OC(=O)[C@H](Cc1ccccc1)NC(Cc1ccccc1)(OC(N)=O)[C@@H](CCCCCCCCCCNC(C=O)Cc1ccccc1)Cc1ccccc1. The summed E-state index contributed by atoms with van der Waals surface area (Å²) in [6, 6.07) is 37.7. The number of ether oxygens (including phenoxy) is 2. The number of benzene rings is 4. The first kappa shape index (κ1) is 43.4. The highest BCUT2D eigenvalue weighted by Gasteiger charge is 2.45. The number of hydrogen-bond donors (Lipinski definition) is 4. The van der Waals surface area contributed by atoms with E-state index in [2.05, 4.69) is 10.6 Å². The van der Waals surface area contributed by atoms with Gasteiger partial charge in [0.25, 0.3) is 0 Å². The van der Waals surface area contributed by atoms with Crippen LogP contribution in [-0.2, 0) is 44.7 Å². The van der Waals surface area contributed by atoms with Gasteiger partial charge in [0.2, 0.25) is 0 Å². The van der Waals surface area contributed by atoms with Gasteiger partial charge < -0.3 is 31.1 Å². The molecule has 298 valence electrons. The van der Waals surface area contributed by atoms with E-state index in [0.29, 0.717) is 19.3 Å². The average Bonchev–Trinajstić information content (AvgIpc) is 3.19. The van der Waals surface area contributed by atoms with E-state index < -0.39 is 29.9 Å². The fraction of sp³-hybridized carbons (Fsp3) is 0.391. The lowest BCUT2D eigenvalue weighted by atomic mass is 9.80. The molecule has 0 spiro atoms. The maximum atomic E-state index is 13.5. The molecule has 2 unspecified atom stereocenters.